The Bertz CT molecular complexity index is 456. The van der Waals surface area contributed by atoms with E-state index in [2.05, 4.69) is 5.32 Å². The molecule has 0 aromatic heterocycles. The zero-order valence-electron chi connectivity index (χ0n) is 12.1. The number of carbonyl (C=O) groups excluding carboxylic acids is 1. The number of methoxy groups -OCH3 is 1. The summed E-state index contributed by atoms with van der Waals surface area (Å²) in [5.74, 6) is 0.689. The summed E-state index contributed by atoms with van der Waals surface area (Å²) >= 11 is 0. The fourth-order valence-electron chi connectivity index (χ4n) is 2.20. The minimum Gasteiger partial charge on any atom is -0.489 e. The molecule has 2 amide bonds. The monoisotopic (exact) mass is 278 g/mol. The third-order valence-electron chi connectivity index (χ3n) is 3.32. The van der Waals surface area contributed by atoms with Gasteiger partial charge in [0.05, 0.1) is 12.3 Å². The number of carbonyl (C=O) groups is 1. The van der Waals surface area contributed by atoms with Crippen molar-refractivity contribution in [3.63, 3.8) is 0 Å². The molecule has 1 N–H and O–H groups in total. The fourth-order valence-corrected chi connectivity index (χ4v) is 2.20. The number of benzene rings is 1. The number of hydrogen-bond acceptors (Lipinski definition) is 3. The van der Waals surface area contributed by atoms with E-state index in [9.17, 15) is 4.79 Å². The minimum atomic E-state index is -0.0528. The van der Waals surface area contributed by atoms with E-state index in [-0.39, 0.29) is 6.03 Å². The summed E-state index contributed by atoms with van der Waals surface area (Å²) in [6, 6.07) is 5.71. The molecule has 0 atom stereocenters. The summed E-state index contributed by atoms with van der Waals surface area (Å²) in [7, 11) is 1.63. The first-order valence-corrected chi connectivity index (χ1v) is 6.99. The van der Waals surface area contributed by atoms with E-state index in [1.165, 1.54) is 0 Å². The Hall–Kier alpha value is -1.75. The summed E-state index contributed by atoms with van der Waals surface area (Å²) in [6.07, 6.45) is 2.16. The zero-order valence-corrected chi connectivity index (χ0v) is 12.1. The van der Waals surface area contributed by atoms with E-state index in [4.69, 9.17) is 9.47 Å². The van der Waals surface area contributed by atoms with Gasteiger partial charge in [-0.05, 0) is 37.5 Å². The van der Waals surface area contributed by atoms with Crippen LogP contribution >= 0.6 is 0 Å². The molecule has 1 fully saturated rings. The third-order valence-corrected chi connectivity index (χ3v) is 3.32. The van der Waals surface area contributed by atoms with Crippen LogP contribution in [0.1, 0.15) is 18.4 Å². The average molecular weight is 278 g/mol. The van der Waals surface area contributed by atoms with Crippen LogP contribution in [0.25, 0.3) is 0 Å². The number of hydrogen-bond donors (Lipinski definition) is 1. The average Bonchev–Trinajstić information content (AvgIpc) is 2.96. The minimum absolute atomic E-state index is 0.0528. The zero-order chi connectivity index (χ0) is 14.4. The molecule has 0 saturated carbocycles. The van der Waals surface area contributed by atoms with Gasteiger partial charge in [-0.25, -0.2) is 4.79 Å². The van der Waals surface area contributed by atoms with Gasteiger partial charge in [0.25, 0.3) is 0 Å². The van der Waals surface area contributed by atoms with Crippen LogP contribution in [0.2, 0.25) is 0 Å². The number of likely N-dealkylation sites (tertiary alicyclic amines) is 1. The van der Waals surface area contributed by atoms with Crippen molar-refractivity contribution in [3.8, 4) is 5.75 Å². The van der Waals surface area contributed by atoms with Gasteiger partial charge >= 0.3 is 6.03 Å². The molecule has 5 heteroatoms. The van der Waals surface area contributed by atoms with Crippen LogP contribution in [0.15, 0.2) is 18.2 Å². The Morgan fingerprint density at radius 2 is 2.05 bits per heavy atom. The second-order valence-electron chi connectivity index (χ2n) is 4.97. The van der Waals surface area contributed by atoms with Crippen molar-refractivity contribution in [1.82, 2.24) is 4.90 Å². The van der Waals surface area contributed by atoms with E-state index in [0.717, 1.165) is 31.5 Å². The Morgan fingerprint density at radius 3 is 2.75 bits per heavy atom. The standard InChI is InChI=1S/C15H22N2O3/c1-12-5-6-13(14(11-12)20-10-9-19-2)16-15(18)17-7-3-4-8-17/h5-6,11H,3-4,7-10H2,1-2H3,(H,16,18). The predicted molar refractivity (Wildman–Crippen MR) is 78.4 cm³/mol. The summed E-state index contributed by atoms with van der Waals surface area (Å²) in [5.41, 5.74) is 1.81. The van der Waals surface area contributed by atoms with Gasteiger partial charge in [-0.2, -0.15) is 0 Å². The normalized spacial score (nSPS) is 14.4. The van der Waals surface area contributed by atoms with Crippen LogP contribution in [0.3, 0.4) is 0 Å². The lowest BCUT2D eigenvalue weighted by atomic mass is 10.2. The predicted octanol–water partition coefficient (Wildman–Crippen LogP) is 2.65. The number of anilines is 1. The quantitative estimate of drug-likeness (QED) is 0.842. The topological polar surface area (TPSA) is 50.8 Å². The molecule has 110 valence electrons. The van der Waals surface area contributed by atoms with Crippen LogP contribution in [0.5, 0.6) is 5.75 Å². The maximum Gasteiger partial charge on any atom is 0.321 e. The number of urea groups is 1. The largest absolute Gasteiger partial charge is 0.489 e. The van der Waals surface area contributed by atoms with Gasteiger partial charge in [-0.1, -0.05) is 6.07 Å². The van der Waals surface area contributed by atoms with Crippen LogP contribution in [0, 0.1) is 6.92 Å². The molecule has 1 saturated heterocycles. The Labute approximate surface area is 119 Å². The van der Waals surface area contributed by atoms with Gasteiger partial charge in [-0.15, -0.1) is 0 Å². The number of rotatable bonds is 5. The second-order valence-corrected chi connectivity index (χ2v) is 4.97. The molecule has 0 aliphatic carbocycles. The SMILES string of the molecule is COCCOc1cc(C)ccc1NC(=O)N1CCCC1. The van der Waals surface area contributed by atoms with E-state index < -0.39 is 0 Å². The van der Waals surface area contributed by atoms with E-state index in [1.807, 2.05) is 30.0 Å². The van der Waals surface area contributed by atoms with Gasteiger partial charge in [0.15, 0.2) is 0 Å². The lowest BCUT2D eigenvalue weighted by Crippen LogP contribution is -2.32. The van der Waals surface area contributed by atoms with Gasteiger partial charge in [0.2, 0.25) is 0 Å². The van der Waals surface area contributed by atoms with Crippen molar-refractivity contribution in [2.24, 2.45) is 0 Å². The van der Waals surface area contributed by atoms with Crippen molar-refractivity contribution < 1.29 is 14.3 Å². The molecule has 5 nitrogen and oxygen atoms in total. The number of amides is 2. The van der Waals surface area contributed by atoms with Crippen molar-refractivity contribution in [3.05, 3.63) is 23.8 Å². The van der Waals surface area contributed by atoms with Crippen molar-refractivity contribution >= 4 is 11.7 Å². The maximum absolute atomic E-state index is 12.1. The Kier molecular flexibility index (Phi) is 5.24. The molecule has 0 bridgehead atoms. The molecule has 0 radical (unpaired) electrons. The van der Waals surface area contributed by atoms with E-state index in [0.29, 0.717) is 24.7 Å². The smallest absolute Gasteiger partial charge is 0.321 e. The summed E-state index contributed by atoms with van der Waals surface area (Å²) in [6.45, 7) is 4.64. The lowest BCUT2D eigenvalue weighted by Gasteiger charge is -2.18. The van der Waals surface area contributed by atoms with Gasteiger partial charge < -0.3 is 19.7 Å². The highest BCUT2D eigenvalue weighted by atomic mass is 16.5. The first kappa shape index (κ1) is 14.7. The van der Waals surface area contributed by atoms with E-state index in [1.54, 1.807) is 7.11 Å². The number of aryl methyl sites for hydroxylation is 1. The molecule has 1 aromatic carbocycles. The van der Waals surface area contributed by atoms with Crippen molar-refractivity contribution in [2.75, 3.05) is 38.7 Å². The molecule has 0 unspecified atom stereocenters. The summed E-state index contributed by atoms with van der Waals surface area (Å²) in [4.78, 5) is 13.9. The van der Waals surface area contributed by atoms with Crippen LogP contribution in [-0.4, -0.2) is 44.3 Å². The molecule has 0 spiro atoms. The van der Waals surface area contributed by atoms with Crippen molar-refractivity contribution in [2.45, 2.75) is 19.8 Å². The maximum atomic E-state index is 12.1. The molecule has 1 aliphatic heterocycles. The molecular weight excluding hydrogens is 256 g/mol. The third kappa shape index (κ3) is 3.87. The van der Waals surface area contributed by atoms with Crippen molar-refractivity contribution in [1.29, 1.82) is 0 Å². The second kappa shape index (κ2) is 7.14. The molecule has 2 rings (SSSR count). The first-order valence-electron chi connectivity index (χ1n) is 6.99. The first-order chi connectivity index (χ1) is 9.70. The number of nitrogens with zero attached hydrogens (tertiary/aromatic N) is 1. The molecule has 1 aliphatic rings. The fraction of sp³-hybridized carbons (Fsp3) is 0.533. The molecule has 1 aromatic rings. The van der Waals surface area contributed by atoms with Crippen LogP contribution in [0.4, 0.5) is 10.5 Å². The van der Waals surface area contributed by atoms with Gasteiger partial charge in [0, 0.05) is 20.2 Å². The van der Waals surface area contributed by atoms with E-state index >= 15 is 0 Å². The number of ether oxygens (including phenoxy) is 2. The van der Waals surface area contributed by atoms with Crippen LogP contribution in [-0.2, 0) is 4.74 Å². The highest BCUT2D eigenvalue weighted by molar-refractivity contribution is 5.91. The lowest BCUT2D eigenvalue weighted by molar-refractivity contribution is 0.146. The summed E-state index contributed by atoms with van der Waals surface area (Å²) < 4.78 is 10.6. The highest BCUT2D eigenvalue weighted by Gasteiger charge is 2.19. The number of nitrogens with one attached hydrogen (secondary N) is 1. The van der Waals surface area contributed by atoms with Gasteiger partial charge in [0.1, 0.15) is 12.4 Å². The Morgan fingerprint density at radius 1 is 1.30 bits per heavy atom. The van der Waals surface area contributed by atoms with Crippen LogP contribution < -0.4 is 10.1 Å². The summed E-state index contributed by atoms with van der Waals surface area (Å²) in [5, 5.41) is 2.93. The molecule has 20 heavy (non-hydrogen) atoms. The molecule has 1 heterocycles. The molecular formula is C15H22N2O3. The van der Waals surface area contributed by atoms with Gasteiger partial charge in [-0.3, -0.25) is 0 Å². The highest BCUT2D eigenvalue weighted by Crippen LogP contribution is 2.26. The Balaban J connectivity index is 2.03.